The molecule has 214 valence electrons. The maximum Gasteiger partial charge on any atom is 0.319 e. The van der Waals surface area contributed by atoms with Crippen molar-refractivity contribution in [1.82, 2.24) is 15.1 Å². The van der Waals surface area contributed by atoms with Crippen LogP contribution in [0.15, 0.2) is 65.1 Å². The van der Waals surface area contributed by atoms with Crippen LogP contribution in [-0.4, -0.2) is 60.9 Å². The molecule has 3 N–H and O–H groups in total. The zero-order valence-corrected chi connectivity index (χ0v) is 25.7. The second-order valence-electron chi connectivity index (χ2n) is 10.6. The first-order valence-corrected chi connectivity index (χ1v) is 14.8. The summed E-state index contributed by atoms with van der Waals surface area (Å²) >= 11 is 16.1. The number of urea groups is 1. The Labute approximate surface area is 257 Å². The van der Waals surface area contributed by atoms with Crippen molar-refractivity contribution >= 4 is 68.4 Å². The Morgan fingerprint density at radius 2 is 1.88 bits per heavy atom. The maximum atomic E-state index is 13.8. The molecule has 2 aliphatic heterocycles. The van der Waals surface area contributed by atoms with Crippen LogP contribution < -0.4 is 16.0 Å². The number of amides is 4. The lowest BCUT2D eigenvalue weighted by atomic mass is 9.84. The van der Waals surface area contributed by atoms with E-state index in [1.54, 1.807) is 55.4 Å². The van der Waals surface area contributed by atoms with Gasteiger partial charge in [0.15, 0.2) is 0 Å². The van der Waals surface area contributed by atoms with Gasteiger partial charge in [-0.2, -0.15) is 0 Å². The number of benzene rings is 3. The molecule has 0 aliphatic carbocycles. The zero-order chi connectivity index (χ0) is 29.3. The molecule has 0 spiro atoms. The highest BCUT2D eigenvalue weighted by Gasteiger charge is 2.47. The van der Waals surface area contributed by atoms with E-state index in [-0.39, 0.29) is 30.3 Å². The highest BCUT2D eigenvalue weighted by molar-refractivity contribution is 9.10. The summed E-state index contributed by atoms with van der Waals surface area (Å²) in [5.41, 5.74) is 1.77. The Bertz CT molecular complexity index is 1520. The van der Waals surface area contributed by atoms with E-state index < -0.39 is 5.54 Å². The number of likely N-dealkylation sites (tertiary alicyclic amines) is 1. The molecular weight excluding hydrogens is 629 g/mol. The monoisotopic (exact) mass is 657 g/mol. The molecule has 0 saturated carbocycles. The van der Waals surface area contributed by atoms with Crippen LogP contribution in [-0.2, 0) is 16.8 Å². The number of anilines is 2. The molecule has 3 aromatic rings. The normalized spacial score (nSPS) is 19.8. The third-order valence-electron chi connectivity index (χ3n) is 7.42. The van der Waals surface area contributed by atoms with E-state index in [1.165, 1.54) is 4.90 Å². The Balaban J connectivity index is 1.49. The van der Waals surface area contributed by atoms with Crippen LogP contribution in [0.5, 0.6) is 0 Å². The SMILES string of the molecule is CN(C)C(=O)N1CCCC(NC(=O)c2ccc(Br)cc2N[C@]2(Cc3cccc(Cl)c3)C(=O)Nc3cc(Cl)ccc32)C1. The van der Waals surface area contributed by atoms with Crippen LogP contribution in [0.25, 0.3) is 0 Å². The molecule has 41 heavy (non-hydrogen) atoms. The summed E-state index contributed by atoms with van der Waals surface area (Å²) < 4.78 is 0.740. The standard InChI is InChI=1S/C30H30BrCl2N5O3/c1-37(2)29(41)38-12-4-7-22(17-38)34-27(39)23-10-8-19(31)14-25(23)36-30(16-18-5-3-6-20(32)13-18)24-11-9-21(33)15-26(24)35-28(30)40/h3,5-6,8-11,13-15,22,36H,4,7,12,16-17H2,1-2H3,(H,34,39)(H,35,40)/t22?,30-/m0/s1. The van der Waals surface area contributed by atoms with Crippen molar-refractivity contribution in [2.24, 2.45) is 0 Å². The van der Waals surface area contributed by atoms with E-state index in [1.807, 2.05) is 24.3 Å². The number of hydrogen-bond acceptors (Lipinski definition) is 4. The molecule has 11 heteroatoms. The zero-order valence-electron chi connectivity index (χ0n) is 22.6. The predicted molar refractivity (Wildman–Crippen MR) is 166 cm³/mol. The van der Waals surface area contributed by atoms with Crippen molar-refractivity contribution < 1.29 is 14.4 Å². The lowest BCUT2D eigenvalue weighted by Crippen LogP contribution is -2.52. The molecular formula is C30H30BrCl2N5O3. The van der Waals surface area contributed by atoms with Crippen molar-refractivity contribution in [3.05, 3.63) is 91.9 Å². The van der Waals surface area contributed by atoms with Crippen molar-refractivity contribution in [3.63, 3.8) is 0 Å². The van der Waals surface area contributed by atoms with E-state index in [4.69, 9.17) is 23.2 Å². The summed E-state index contributed by atoms with van der Waals surface area (Å²) in [7, 11) is 3.43. The van der Waals surface area contributed by atoms with E-state index in [0.29, 0.717) is 45.6 Å². The summed E-state index contributed by atoms with van der Waals surface area (Å²) in [6.45, 7) is 1.08. The summed E-state index contributed by atoms with van der Waals surface area (Å²) in [5, 5.41) is 10.6. The van der Waals surface area contributed by atoms with E-state index >= 15 is 0 Å². The van der Waals surface area contributed by atoms with Crippen LogP contribution >= 0.6 is 39.1 Å². The van der Waals surface area contributed by atoms with Crippen LogP contribution in [0.3, 0.4) is 0 Å². The quantitative estimate of drug-likeness (QED) is 0.297. The first-order chi connectivity index (χ1) is 19.6. The van der Waals surface area contributed by atoms with Crippen LogP contribution in [0.1, 0.15) is 34.3 Å². The predicted octanol–water partition coefficient (Wildman–Crippen LogP) is 6.13. The number of hydrogen-bond donors (Lipinski definition) is 3. The van der Waals surface area contributed by atoms with Crippen molar-refractivity contribution in [1.29, 1.82) is 0 Å². The van der Waals surface area contributed by atoms with Crippen molar-refractivity contribution in [2.75, 3.05) is 37.8 Å². The average Bonchev–Trinajstić information content (AvgIpc) is 3.17. The minimum atomic E-state index is -1.25. The number of nitrogens with zero attached hydrogens (tertiary/aromatic N) is 2. The van der Waals surface area contributed by atoms with E-state index in [0.717, 1.165) is 22.9 Å². The fourth-order valence-corrected chi connectivity index (χ4v) is 6.25. The summed E-state index contributed by atoms with van der Waals surface area (Å²) in [4.78, 5) is 43.3. The molecule has 1 fully saturated rings. The summed E-state index contributed by atoms with van der Waals surface area (Å²) in [6, 6.07) is 17.7. The molecule has 5 rings (SSSR count). The Morgan fingerprint density at radius 3 is 2.63 bits per heavy atom. The van der Waals surface area contributed by atoms with Gasteiger partial charge in [-0.05, 0) is 60.9 Å². The molecule has 2 heterocycles. The van der Waals surface area contributed by atoms with Crippen LogP contribution in [0, 0.1) is 0 Å². The average molecular weight is 659 g/mol. The second kappa shape index (κ2) is 11.9. The van der Waals surface area contributed by atoms with Crippen LogP contribution in [0.2, 0.25) is 10.0 Å². The lowest BCUT2D eigenvalue weighted by molar-refractivity contribution is -0.119. The third kappa shape index (κ3) is 6.17. The van der Waals surface area contributed by atoms with E-state index in [2.05, 4.69) is 31.9 Å². The minimum Gasteiger partial charge on any atom is -0.367 e. The third-order valence-corrected chi connectivity index (χ3v) is 8.38. The van der Waals surface area contributed by atoms with Gasteiger partial charge < -0.3 is 25.8 Å². The lowest BCUT2D eigenvalue weighted by Gasteiger charge is -2.35. The molecule has 4 amide bonds. The molecule has 2 atom stereocenters. The number of carbonyl (C=O) groups is 3. The number of nitrogens with one attached hydrogen (secondary N) is 3. The largest absolute Gasteiger partial charge is 0.367 e. The molecule has 1 unspecified atom stereocenters. The number of halogens is 3. The number of carbonyl (C=O) groups excluding carboxylic acids is 3. The van der Waals surface area contributed by atoms with Gasteiger partial charge >= 0.3 is 6.03 Å². The van der Waals surface area contributed by atoms with Gasteiger partial charge in [0, 0.05) is 71.1 Å². The van der Waals surface area contributed by atoms with Gasteiger partial charge in [-0.25, -0.2) is 4.79 Å². The number of fused-ring (bicyclic) bond motifs is 1. The molecule has 0 radical (unpaired) electrons. The summed E-state index contributed by atoms with van der Waals surface area (Å²) in [5.74, 6) is -0.567. The van der Waals surface area contributed by atoms with Crippen molar-refractivity contribution in [3.8, 4) is 0 Å². The Morgan fingerprint density at radius 1 is 1.10 bits per heavy atom. The molecule has 3 aromatic carbocycles. The van der Waals surface area contributed by atoms with Gasteiger partial charge in [0.05, 0.1) is 5.56 Å². The van der Waals surface area contributed by atoms with Gasteiger partial charge in [-0.1, -0.05) is 57.3 Å². The van der Waals surface area contributed by atoms with Gasteiger partial charge in [0.1, 0.15) is 5.54 Å². The van der Waals surface area contributed by atoms with Gasteiger partial charge in [0.2, 0.25) is 0 Å². The van der Waals surface area contributed by atoms with Crippen LogP contribution in [0.4, 0.5) is 16.2 Å². The van der Waals surface area contributed by atoms with Gasteiger partial charge in [0.25, 0.3) is 11.8 Å². The van der Waals surface area contributed by atoms with E-state index in [9.17, 15) is 14.4 Å². The highest BCUT2D eigenvalue weighted by atomic mass is 79.9. The Hall–Kier alpha value is -3.27. The fourth-order valence-electron chi connectivity index (χ4n) is 5.50. The van der Waals surface area contributed by atoms with Crippen molar-refractivity contribution in [2.45, 2.75) is 30.8 Å². The Kier molecular flexibility index (Phi) is 8.50. The number of piperidine rings is 1. The topological polar surface area (TPSA) is 93.8 Å². The molecule has 1 saturated heterocycles. The first-order valence-electron chi connectivity index (χ1n) is 13.3. The minimum absolute atomic E-state index is 0.0797. The van der Waals surface area contributed by atoms with Gasteiger partial charge in [-0.3, -0.25) is 9.59 Å². The molecule has 2 aliphatic rings. The molecule has 0 aromatic heterocycles. The highest BCUT2D eigenvalue weighted by Crippen LogP contribution is 2.43. The first kappa shape index (κ1) is 29.2. The molecule has 8 nitrogen and oxygen atoms in total. The van der Waals surface area contributed by atoms with Gasteiger partial charge in [-0.15, -0.1) is 0 Å². The summed E-state index contributed by atoms with van der Waals surface area (Å²) in [6.07, 6.45) is 1.82. The molecule has 0 bridgehead atoms. The maximum absolute atomic E-state index is 13.8. The smallest absolute Gasteiger partial charge is 0.319 e. The second-order valence-corrected chi connectivity index (χ2v) is 12.4. The number of rotatable bonds is 6. The fraction of sp³-hybridized carbons (Fsp3) is 0.300.